The zero-order valence-electron chi connectivity index (χ0n) is 13.5. The number of benzene rings is 1. The SMILES string of the molecule is CC[NH+](CC)C[C@H](C)C[C@@]1(C#N)OCCc2ccccc21. The Morgan fingerprint density at radius 1 is 1.33 bits per heavy atom. The molecule has 3 heteroatoms. The maximum atomic E-state index is 9.80. The third kappa shape index (κ3) is 3.45. The number of nitriles is 1. The maximum absolute atomic E-state index is 9.80. The van der Waals surface area contributed by atoms with E-state index in [0.29, 0.717) is 12.5 Å². The summed E-state index contributed by atoms with van der Waals surface area (Å²) in [6.45, 7) is 10.7. The average Bonchev–Trinajstić information content (AvgIpc) is 2.52. The third-order valence-electron chi connectivity index (χ3n) is 4.63. The Morgan fingerprint density at radius 2 is 2.05 bits per heavy atom. The molecule has 0 radical (unpaired) electrons. The summed E-state index contributed by atoms with van der Waals surface area (Å²) in [5.41, 5.74) is 1.61. The fourth-order valence-corrected chi connectivity index (χ4v) is 3.45. The number of nitrogens with one attached hydrogen (secondary N) is 1. The van der Waals surface area contributed by atoms with E-state index in [1.165, 1.54) is 5.56 Å². The Hall–Kier alpha value is -1.37. The summed E-state index contributed by atoms with van der Waals surface area (Å²) in [5.74, 6) is 0.464. The second kappa shape index (κ2) is 7.06. The maximum Gasteiger partial charge on any atom is 0.180 e. The Balaban J connectivity index is 2.18. The summed E-state index contributed by atoms with van der Waals surface area (Å²) >= 11 is 0. The summed E-state index contributed by atoms with van der Waals surface area (Å²) in [4.78, 5) is 1.58. The van der Waals surface area contributed by atoms with Crippen LogP contribution in [0.1, 0.15) is 38.3 Å². The van der Waals surface area contributed by atoms with Crippen molar-refractivity contribution in [2.75, 3.05) is 26.2 Å². The number of fused-ring (bicyclic) bond motifs is 1. The van der Waals surface area contributed by atoms with Crippen LogP contribution < -0.4 is 4.90 Å². The van der Waals surface area contributed by atoms with Crippen molar-refractivity contribution in [2.24, 2.45) is 5.92 Å². The van der Waals surface area contributed by atoms with Gasteiger partial charge in [0.15, 0.2) is 5.60 Å². The molecule has 2 atom stereocenters. The zero-order valence-corrected chi connectivity index (χ0v) is 13.5. The molecule has 1 N–H and O–H groups in total. The molecule has 0 amide bonds. The number of ether oxygens (including phenoxy) is 1. The third-order valence-corrected chi connectivity index (χ3v) is 4.63. The minimum Gasteiger partial charge on any atom is -0.356 e. The molecular weight excluding hydrogens is 260 g/mol. The van der Waals surface area contributed by atoms with E-state index in [1.807, 2.05) is 6.07 Å². The van der Waals surface area contributed by atoms with E-state index >= 15 is 0 Å². The Bertz CT molecular complexity index is 504. The monoisotopic (exact) mass is 287 g/mol. The van der Waals surface area contributed by atoms with Gasteiger partial charge in [-0.05, 0) is 25.8 Å². The lowest BCUT2D eigenvalue weighted by atomic mass is 9.81. The van der Waals surface area contributed by atoms with Gasteiger partial charge in [-0.3, -0.25) is 0 Å². The zero-order chi connectivity index (χ0) is 15.3. The van der Waals surface area contributed by atoms with Crippen molar-refractivity contribution in [2.45, 2.75) is 39.2 Å². The summed E-state index contributed by atoms with van der Waals surface area (Å²) in [6.07, 6.45) is 1.69. The highest BCUT2D eigenvalue weighted by molar-refractivity contribution is 5.38. The Morgan fingerprint density at radius 3 is 2.71 bits per heavy atom. The van der Waals surface area contributed by atoms with Crippen LogP contribution in [0, 0.1) is 17.2 Å². The van der Waals surface area contributed by atoms with Crippen LogP contribution in [-0.2, 0) is 16.8 Å². The molecule has 0 saturated heterocycles. The van der Waals surface area contributed by atoms with Crippen LogP contribution in [0.5, 0.6) is 0 Å². The van der Waals surface area contributed by atoms with E-state index in [4.69, 9.17) is 4.74 Å². The Labute approximate surface area is 128 Å². The highest BCUT2D eigenvalue weighted by atomic mass is 16.5. The topological polar surface area (TPSA) is 37.5 Å². The van der Waals surface area contributed by atoms with E-state index in [1.54, 1.807) is 4.90 Å². The fraction of sp³-hybridized carbons (Fsp3) is 0.611. The molecule has 1 aromatic rings. The number of nitrogens with zero attached hydrogens (tertiary/aromatic N) is 1. The number of hydrogen-bond acceptors (Lipinski definition) is 2. The molecule has 2 rings (SSSR count). The molecule has 21 heavy (non-hydrogen) atoms. The first-order valence-corrected chi connectivity index (χ1v) is 8.12. The van der Waals surface area contributed by atoms with Crippen molar-refractivity contribution >= 4 is 0 Å². The van der Waals surface area contributed by atoms with E-state index in [2.05, 4.69) is 45.0 Å². The highest BCUT2D eigenvalue weighted by Crippen LogP contribution is 2.37. The molecule has 1 aliphatic rings. The number of quaternary nitrogens is 1. The van der Waals surface area contributed by atoms with Gasteiger partial charge in [0, 0.05) is 17.9 Å². The predicted molar refractivity (Wildman–Crippen MR) is 84.1 cm³/mol. The molecule has 0 aliphatic carbocycles. The van der Waals surface area contributed by atoms with Crippen molar-refractivity contribution in [3.63, 3.8) is 0 Å². The number of hydrogen-bond donors (Lipinski definition) is 1. The first-order valence-electron chi connectivity index (χ1n) is 8.12. The van der Waals surface area contributed by atoms with E-state index in [-0.39, 0.29) is 0 Å². The largest absolute Gasteiger partial charge is 0.356 e. The van der Waals surface area contributed by atoms with Crippen LogP contribution in [0.4, 0.5) is 0 Å². The van der Waals surface area contributed by atoms with Crippen LogP contribution >= 0.6 is 0 Å². The summed E-state index contributed by atoms with van der Waals surface area (Å²) in [7, 11) is 0. The van der Waals surface area contributed by atoms with E-state index in [9.17, 15) is 5.26 Å². The van der Waals surface area contributed by atoms with Gasteiger partial charge in [0.1, 0.15) is 6.07 Å². The lowest BCUT2D eigenvalue weighted by Crippen LogP contribution is -3.12. The molecule has 0 bridgehead atoms. The van der Waals surface area contributed by atoms with Crippen molar-refractivity contribution in [1.29, 1.82) is 5.26 Å². The first-order chi connectivity index (χ1) is 10.1. The van der Waals surface area contributed by atoms with Crippen molar-refractivity contribution in [1.82, 2.24) is 0 Å². The second-order valence-corrected chi connectivity index (χ2v) is 6.16. The van der Waals surface area contributed by atoms with Crippen LogP contribution in [0.3, 0.4) is 0 Å². The van der Waals surface area contributed by atoms with Gasteiger partial charge in [-0.25, -0.2) is 0 Å². The molecule has 1 heterocycles. The summed E-state index contributed by atoms with van der Waals surface area (Å²) in [6, 6.07) is 10.7. The average molecular weight is 287 g/mol. The van der Waals surface area contributed by atoms with Gasteiger partial charge in [0.05, 0.1) is 26.2 Å². The molecule has 0 aromatic heterocycles. The lowest BCUT2D eigenvalue weighted by Gasteiger charge is -2.35. The van der Waals surface area contributed by atoms with Crippen LogP contribution in [0.25, 0.3) is 0 Å². The minimum atomic E-state index is -0.749. The minimum absolute atomic E-state index is 0.464. The summed E-state index contributed by atoms with van der Waals surface area (Å²) < 4.78 is 5.99. The normalized spacial score (nSPS) is 22.6. The van der Waals surface area contributed by atoms with Crippen LogP contribution in [0.2, 0.25) is 0 Å². The first kappa shape index (κ1) is 16.0. The quantitative estimate of drug-likeness (QED) is 0.868. The molecule has 0 unspecified atom stereocenters. The van der Waals surface area contributed by atoms with Crippen molar-refractivity contribution in [3.05, 3.63) is 35.4 Å². The van der Waals surface area contributed by atoms with Crippen molar-refractivity contribution in [3.8, 4) is 6.07 Å². The predicted octanol–water partition coefficient (Wildman–Crippen LogP) is 1.93. The van der Waals surface area contributed by atoms with Gasteiger partial charge in [-0.1, -0.05) is 31.2 Å². The van der Waals surface area contributed by atoms with E-state index < -0.39 is 5.60 Å². The molecule has 0 spiro atoms. The van der Waals surface area contributed by atoms with Crippen molar-refractivity contribution < 1.29 is 9.64 Å². The second-order valence-electron chi connectivity index (χ2n) is 6.16. The molecule has 0 saturated carbocycles. The molecular formula is C18H27N2O+. The van der Waals surface area contributed by atoms with Gasteiger partial charge in [-0.2, -0.15) is 5.26 Å². The van der Waals surface area contributed by atoms with Gasteiger partial charge in [0.2, 0.25) is 0 Å². The summed E-state index contributed by atoms with van der Waals surface area (Å²) in [5, 5.41) is 9.80. The van der Waals surface area contributed by atoms with Gasteiger partial charge in [0.25, 0.3) is 0 Å². The van der Waals surface area contributed by atoms with E-state index in [0.717, 1.165) is 38.0 Å². The fourth-order valence-electron chi connectivity index (χ4n) is 3.45. The van der Waals surface area contributed by atoms with Gasteiger partial charge >= 0.3 is 0 Å². The van der Waals surface area contributed by atoms with Gasteiger partial charge < -0.3 is 9.64 Å². The molecule has 0 fully saturated rings. The van der Waals surface area contributed by atoms with Crippen LogP contribution in [0.15, 0.2) is 24.3 Å². The highest BCUT2D eigenvalue weighted by Gasteiger charge is 2.39. The Kier molecular flexibility index (Phi) is 5.39. The molecule has 1 aliphatic heterocycles. The standard InChI is InChI=1S/C18H26N2O/c1-4-20(5-2)13-15(3)12-18(14-19)17-9-7-6-8-16(17)10-11-21-18/h6-9,15H,4-5,10-13H2,1-3H3/p+1/t15-,18+/m1/s1. The van der Waals surface area contributed by atoms with Gasteiger partial charge in [-0.15, -0.1) is 0 Å². The molecule has 1 aromatic carbocycles. The molecule has 114 valence electrons. The lowest BCUT2D eigenvalue weighted by molar-refractivity contribution is -0.899. The smallest absolute Gasteiger partial charge is 0.180 e. The van der Waals surface area contributed by atoms with Crippen LogP contribution in [-0.4, -0.2) is 26.2 Å². The number of rotatable bonds is 6. The molecule has 3 nitrogen and oxygen atoms in total.